The van der Waals surface area contributed by atoms with Crippen molar-refractivity contribution in [1.82, 2.24) is 15.5 Å². The first kappa shape index (κ1) is 11.2. The van der Waals surface area contributed by atoms with E-state index in [2.05, 4.69) is 15.5 Å². The van der Waals surface area contributed by atoms with E-state index in [-0.39, 0.29) is 12.4 Å². The molecule has 1 fully saturated rings. The smallest absolute Gasteiger partial charge is 0.250 e. The van der Waals surface area contributed by atoms with Crippen molar-refractivity contribution in [2.75, 3.05) is 13.1 Å². The van der Waals surface area contributed by atoms with Crippen molar-refractivity contribution in [3.05, 3.63) is 17.3 Å². The molecule has 4 nitrogen and oxygen atoms in total. The van der Waals surface area contributed by atoms with Crippen LogP contribution in [-0.4, -0.2) is 23.2 Å². The van der Waals surface area contributed by atoms with E-state index in [1.165, 1.54) is 5.57 Å². The predicted octanol–water partition coefficient (Wildman–Crippen LogP) is 1.60. The zero-order valence-electron chi connectivity index (χ0n) is 8.28. The van der Waals surface area contributed by atoms with Gasteiger partial charge in [-0.2, -0.15) is 4.98 Å². The summed E-state index contributed by atoms with van der Waals surface area (Å²) < 4.78 is 5.07. The fourth-order valence-corrected chi connectivity index (χ4v) is 1.19. The van der Waals surface area contributed by atoms with Crippen molar-refractivity contribution in [3.8, 4) is 0 Å². The summed E-state index contributed by atoms with van der Waals surface area (Å²) in [6, 6.07) is 0. The van der Waals surface area contributed by atoms with Crippen LogP contribution in [0, 0.1) is 0 Å². The van der Waals surface area contributed by atoms with Gasteiger partial charge in [0.15, 0.2) is 5.82 Å². The number of hydrogen-bond donors (Lipinski definition) is 1. The van der Waals surface area contributed by atoms with Crippen molar-refractivity contribution in [2.45, 2.75) is 19.8 Å². The minimum atomic E-state index is 0. The first-order chi connectivity index (χ1) is 6.25. The Morgan fingerprint density at radius 1 is 1.50 bits per heavy atom. The molecular formula is C9H14ClN3O. The first-order valence-corrected chi connectivity index (χ1v) is 4.45. The van der Waals surface area contributed by atoms with Crippen molar-refractivity contribution in [1.29, 1.82) is 0 Å². The fourth-order valence-electron chi connectivity index (χ4n) is 1.19. The van der Waals surface area contributed by atoms with Gasteiger partial charge in [-0.1, -0.05) is 10.7 Å². The van der Waals surface area contributed by atoms with Crippen LogP contribution in [-0.2, 0) is 0 Å². The molecule has 1 aromatic rings. The Kier molecular flexibility index (Phi) is 3.66. The summed E-state index contributed by atoms with van der Waals surface area (Å²) in [6.07, 6.45) is 1.89. The molecular weight excluding hydrogens is 202 g/mol. The van der Waals surface area contributed by atoms with Gasteiger partial charge in [0.25, 0.3) is 5.89 Å². The third-order valence-electron chi connectivity index (χ3n) is 2.02. The number of nitrogens with one attached hydrogen (secondary N) is 1. The van der Waals surface area contributed by atoms with Gasteiger partial charge in [0, 0.05) is 25.1 Å². The van der Waals surface area contributed by atoms with Crippen LogP contribution in [0.4, 0.5) is 0 Å². The second-order valence-electron chi connectivity index (χ2n) is 3.57. The summed E-state index contributed by atoms with van der Waals surface area (Å²) in [4.78, 5) is 4.28. The molecule has 0 unspecified atom stereocenters. The van der Waals surface area contributed by atoms with Crippen molar-refractivity contribution < 1.29 is 4.52 Å². The minimum absolute atomic E-state index is 0. The molecule has 14 heavy (non-hydrogen) atoms. The van der Waals surface area contributed by atoms with Gasteiger partial charge in [0.1, 0.15) is 0 Å². The van der Waals surface area contributed by atoms with E-state index < -0.39 is 0 Å². The number of rotatable bonds is 2. The Labute approximate surface area is 89.2 Å². The number of halogens is 1. The van der Waals surface area contributed by atoms with E-state index in [0.717, 1.165) is 18.9 Å². The first-order valence-electron chi connectivity index (χ1n) is 4.45. The lowest BCUT2D eigenvalue weighted by molar-refractivity contribution is 0.373. The monoisotopic (exact) mass is 215 g/mol. The van der Waals surface area contributed by atoms with Crippen LogP contribution in [0.1, 0.15) is 31.5 Å². The van der Waals surface area contributed by atoms with E-state index >= 15 is 0 Å². The topological polar surface area (TPSA) is 51.0 Å². The van der Waals surface area contributed by atoms with Gasteiger partial charge in [-0.15, -0.1) is 12.4 Å². The summed E-state index contributed by atoms with van der Waals surface area (Å²) in [6.45, 7) is 5.95. The molecule has 1 aliphatic rings. The lowest BCUT2D eigenvalue weighted by atomic mass is 10.0. The minimum Gasteiger partial charge on any atom is -0.335 e. The van der Waals surface area contributed by atoms with Gasteiger partial charge >= 0.3 is 0 Å². The Bertz CT molecular complexity index is 327. The second-order valence-corrected chi connectivity index (χ2v) is 3.57. The van der Waals surface area contributed by atoms with Crippen molar-refractivity contribution in [3.63, 3.8) is 0 Å². The Hall–Kier alpha value is -0.870. The maximum atomic E-state index is 5.07. The SMILES string of the molecule is CC(C)=Cc1nc(C2CNC2)no1.Cl. The van der Waals surface area contributed by atoms with Gasteiger partial charge in [-0.3, -0.25) is 0 Å². The molecule has 0 saturated carbocycles. The van der Waals surface area contributed by atoms with Crippen LogP contribution in [0.15, 0.2) is 10.1 Å². The van der Waals surface area contributed by atoms with Crippen LogP contribution in [0.2, 0.25) is 0 Å². The molecule has 0 spiro atoms. The van der Waals surface area contributed by atoms with Crippen LogP contribution in [0.25, 0.3) is 6.08 Å². The lowest BCUT2D eigenvalue weighted by Gasteiger charge is -2.23. The standard InChI is InChI=1S/C9H13N3O.ClH/c1-6(2)3-8-11-9(12-13-8)7-4-10-5-7;/h3,7,10H,4-5H2,1-2H3;1H. The molecule has 5 heteroatoms. The maximum Gasteiger partial charge on any atom is 0.250 e. The number of hydrogen-bond acceptors (Lipinski definition) is 4. The van der Waals surface area contributed by atoms with Gasteiger partial charge in [-0.25, -0.2) is 0 Å². The average Bonchev–Trinajstić information content (AvgIpc) is 2.31. The van der Waals surface area contributed by atoms with Crippen LogP contribution in [0.3, 0.4) is 0 Å². The molecule has 78 valence electrons. The van der Waals surface area contributed by atoms with E-state index in [9.17, 15) is 0 Å². The van der Waals surface area contributed by atoms with E-state index in [4.69, 9.17) is 4.52 Å². The lowest BCUT2D eigenvalue weighted by Crippen LogP contribution is -2.40. The number of allylic oxidation sites excluding steroid dienone is 1. The average molecular weight is 216 g/mol. The van der Waals surface area contributed by atoms with Crippen LogP contribution < -0.4 is 5.32 Å². The number of aromatic nitrogens is 2. The molecule has 2 rings (SSSR count). The molecule has 0 aliphatic carbocycles. The van der Waals surface area contributed by atoms with Gasteiger partial charge < -0.3 is 9.84 Å². The molecule has 0 amide bonds. The van der Waals surface area contributed by atoms with Crippen LogP contribution >= 0.6 is 12.4 Å². The van der Waals surface area contributed by atoms with E-state index in [0.29, 0.717) is 11.8 Å². The molecule has 1 aromatic heterocycles. The van der Waals surface area contributed by atoms with Gasteiger partial charge in [0.05, 0.1) is 0 Å². The third-order valence-corrected chi connectivity index (χ3v) is 2.02. The zero-order valence-corrected chi connectivity index (χ0v) is 9.10. The Morgan fingerprint density at radius 2 is 2.21 bits per heavy atom. The molecule has 1 N–H and O–H groups in total. The maximum absolute atomic E-state index is 5.07. The summed E-state index contributed by atoms with van der Waals surface area (Å²) in [5, 5.41) is 7.09. The number of nitrogens with zero attached hydrogens (tertiary/aromatic N) is 2. The van der Waals surface area contributed by atoms with E-state index in [1.54, 1.807) is 0 Å². The Balaban J connectivity index is 0.000000980. The predicted molar refractivity (Wildman–Crippen MR) is 56.5 cm³/mol. The fraction of sp³-hybridized carbons (Fsp3) is 0.556. The normalized spacial score (nSPS) is 15.6. The van der Waals surface area contributed by atoms with Gasteiger partial charge in [-0.05, 0) is 13.8 Å². The summed E-state index contributed by atoms with van der Waals surface area (Å²) in [5.74, 6) is 1.89. The Morgan fingerprint density at radius 3 is 2.71 bits per heavy atom. The molecule has 2 heterocycles. The second kappa shape index (κ2) is 4.57. The zero-order chi connectivity index (χ0) is 9.26. The van der Waals surface area contributed by atoms with E-state index in [1.807, 2.05) is 19.9 Å². The quantitative estimate of drug-likeness (QED) is 0.814. The summed E-state index contributed by atoms with van der Waals surface area (Å²) in [5.41, 5.74) is 1.17. The third kappa shape index (κ3) is 2.33. The molecule has 0 radical (unpaired) electrons. The largest absolute Gasteiger partial charge is 0.335 e. The highest BCUT2D eigenvalue weighted by molar-refractivity contribution is 5.85. The molecule has 0 bridgehead atoms. The highest BCUT2D eigenvalue weighted by atomic mass is 35.5. The van der Waals surface area contributed by atoms with Crippen LogP contribution in [0.5, 0.6) is 0 Å². The summed E-state index contributed by atoms with van der Waals surface area (Å²) >= 11 is 0. The molecule has 1 saturated heterocycles. The highest BCUT2D eigenvalue weighted by Gasteiger charge is 2.23. The van der Waals surface area contributed by atoms with Gasteiger partial charge in [0.2, 0.25) is 0 Å². The molecule has 1 aliphatic heterocycles. The highest BCUT2D eigenvalue weighted by Crippen LogP contribution is 2.16. The summed E-state index contributed by atoms with van der Waals surface area (Å²) in [7, 11) is 0. The molecule has 0 atom stereocenters. The van der Waals surface area contributed by atoms with Crippen molar-refractivity contribution in [2.24, 2.45) is 0 Å². The van der Waals surface area contributed by atoms with Crippen molar-refractivity contribution >= 4 is 18.5 Å². The molecule has 0 aromatic carbocycles.